The summed E-state index contributed by atoms with van der Waals surface area (Å²) >= 11 is 0. The highest BCUT2D eigenvalue weighted by molar-refractivity contribution is 5.11. The van der Waals surface area contributed by atoms with Crippen molar-refractivity contribution >= 4 is 0 Å². The maximum Gasteiger partial charge on any atom is 0.121 e. The lowest BCUT2D eigenvalue weighted by molar-refractivity contribution is 0.289. The van der Waals surface area contributed by atoms with Crippen molar-refractivity contribution in [1.82, 2.24) is 5.32 Å². The lowest BCUT2D eigenvalue weighted by atomic mass is 9.92. The average molecular weight is 237 g/mol. The molecule has 17 heavy (non-hydrogen) atoms. The van der Waals surface area contributed by atoms with Crippen LogP contribution in [0.3, 0.4) is 0 Å². The molecule has 1 atom stereocenters. The summed E-state index contributed by atoms with van der Waals surface area (Å²) in [6.45, 7) is 9.92. The van der Waals surface area contributed by atoms with Crippen LogP contribution in [0, 0.1) is 5.92 Å². The van der Waals surface area contributed by atoms with Gasteiger partial charge in [0.05, 0.1) is 6.04 Å². The van der Waals surface area contributed by atoms with Crippen molar-refractivity contribution in [3.05, 3.63) is 23.7 Å². The van der Waals surface area contributed by atoms with E-state index < -0.39 is 0 Å². The maximum absolute atomic E-state index is 5.91. The number of nitrogens with one attached hydrogen (secondary N) is 1. The minimum atomic E-state index is 0.380. The zero-order chi connectivity index (χ0) is 12.7. The molecule has 0 spiro atoms. The van der Waals surface area contributed by atoms with E-state index >= 15 is 0 Å². The van der Waals surface area contributed by atoms with Gasteiger partial charge < -0.3 is 9.73 Å². The molecule has 0 bridgehead atoms. The van der Waals surface area contributed by atoms with Crippen LogP contribution in [0.2, 0.25) is 0 Å². The maximum atomic E-state index is 5.91. The van der Waals surface area contributed by atoms with Crippen LogP contribution < -0.4 is 5.32 Å². The highest BCUT2D eigenvalue weighted by atomic mass is 16.3. The Hall–Kier alpha value is -0.760. The summed E-state index contributed by atoms with van der Waals surface area (Å²) in [6.07, 6.45) is 4.53. The van der Waals surface area contributed by atoms with Crippen LogP contribution in [0.1, 0.15) is 64.5 Å². The number of furan rings is 1. The minimum absolute atomic E-state index is 0.380. The molecule has 0 aliphatic carbocycles. The Balaban J connectivity index is 2.80. The third-order valence-corrected chi connectivity index (χ3v) is 3.47. The molecule has 1 unspecified atom stereocenters. The second-order valence-corrected chi connectivity index (χ2v) is 4.67. The average Bonchev–Trinajstić information content (AvgIpc) is 2.83. The SMILES string of the molecule is CCCNC(c1ccc(CC)o1)C(CC)CC. The standard InChI is InChI=1S/C15H27NO/c1-5-11-16-15(12(6-2)7-3)14-10-9-13(8-4)17-14/h9-10,12,15-16H,5-8,11H2,1-4H3. The molecule has 0 saturated heterocycles. The van der Waals surface area contributed by atoms with Gasteiger partial charge >= 0.3 is 0 Å². The Morgan fingerprint density at radius 3 is 2.29 bits per heavy atom. The second kappa shape index (κ2) is 7.54. The Morgan fingerprint density at radius 1 is 1.12 bits per heavy atom. The van der Waals surface area contributed by atoms with Crippen LogP contribution in [0.25, 0.3) is 0 Å². The third kappa shape index (κ3) is 3.88. The highest BCUT2D eigenvalue weighted by Gasteiger charge is 2.22. The highest BCUT2D eigenvalue weighted by Crippen LogP contribution is 2.28. The first-order valence-electron chi connectivity index (χ1n) is 7.08. The largest absolute Gasteiger partial charge is 0.464 e. The number of hydrogen-bond acceptors (Lipinski definition) is 2. The Morgan fingerprint density at radius 2 is 1.82 bits per heavy atom. The van der Waals surface area contributed by atoms with Gasteiger partial charge in [0.2, 0.25) is 0 Å². The van der Waals surface area contributed by atoms with Crippen LogP contribution >= 0.6 is 0 Å². The molecule has 0 aliphatic rings. The summed E-state index contributed by atoms with van der Waals surface area (Å²) in [5.74, 6) is 2.87. The van der Waals surface area contributed by atoms with Gasteiger partial charge in [-0.25, -0.2) is 0 Å². The van der Waals surface area contributed by atoms with Gasteiger partial charge in [-0.2, -0.15) is 0 Å². The molecule has 0 aromatic carbocycles. The van der Waals surface area contributed by atoms with Gasteiger partial charge in [-0.15, -0.1) is 0 Å². The van der Waals surface area contributed by atoms with E-state index in [1.165, 1.54) is 12.8 Å². The van der Waals surface area contributed by atoms with E-state index in [4.69, 9.17) is 4.42 Å². The van der Waals surface area contributed by atoms with E-state index in [9.17, 15) is 0 Å². The number of rotatable bonds is 8. The summed E-state index contributed by atoms with van der Waals surface area (Å²) < 4.78 is 5.91. The molecule has 0 radical (unpaired) electrons. The Bertz CT molecular complexity index is 302. The first-order chi connectivity index (χ1) is 8.26. The molecular formula is C15H27NO. The van der Waals surface area contributed by atoms with Crippen molar-refractivity contribution < 1.29 is 4.42 Å². The topological polar surface area (TPSA) is 25.2 Å². The molecule has 1 aromatic rings. The Labute approximate surface area is 106 Å². The predicted octanol–water partition coefficient (Wildman–Crippen LogP) is 4.32. The first-order valence-corrected chi connectivity index (χ1v) is 7.08. The number of hydrogen-bond donors (Lipinski definition) is 1. The van der Waals surface area contributed by atoms with Gasteiger partial charge in [-0.1, -0.05) is 40.5 Å². The quantitative estimate of drug-likeness (QED) is 0.728. The monoisotopic (exact) mass is 237 g/mol. The Kier molecular flexibility index (Phi) is 6.35. The summed E-state index contributed by atoms with van der Waals surface area (Å²) in [5.41, 5.74) is 0. The van der Waals surface area contributed by atoms with Gasteiger partial charge in [-0.3, -0.25) is 0 Å². The molecule has 2 nitrogen and oxygen atoms in total. The summed E-state index contributed by atoms with van der Waals surface area (Å²) in [6, 6.07) is 4.63. The van der Waals surface area contributed by atoms with E-state index in [0.29, 0.717) is 12.0 Å². The molecule has 1 N–H and O–H groups in total. The molecule has 1 aromatic heterocycles. The van der Waals surface area contributed by atoms with E-state index in [0.717, 1.165) is 30.9 Å². The van der Waals surface area contributed by atoms with Crippen molar-refractivity contribution in [1.29, 1.82) is 0 Å². The molecule has 0 amide bonds. The fourth-order valence-corrected chi connectivity index (χ4v) is 2.31. The van der Waals surface area contributed by atoms with Gasteiger partial charge in [0.15, 0.2) is 0 Å². The van der Waals surface area contributed by atoms with E-state index in [1.807, 2.05) is 0 Å². The second-order valence-electron chi connectivity index (χ2n) is 4.67. The van der Waals surface area contributed by atoms with E-state index in [-0.39, 0.29) is 0 Å². The molecule has 0 aliphatic heterocycles. The molecule has 98 valence electrons. The molecule has 0 fully saturated rings. The smallest absolute Gasteiger partial charge is 0.121 e. The van der Waals surface area contributed by atoms with E-state index in [1.54, 1.807) is 0 Å². The predicted molar refractivity (Wildman–Crippen MR) is 73.2 cm³/mol. The minimum Gasteiger partial charge on any atom is -0.464 e. The molecule has 1 heterocycles. The van der Waals surface area contributed by atoms with Gasteiger partial charge in [0.25, 0.3) is 0 Å². The van der Waals surface area contributed by atoms with Crippen LogP contribution in [-0.4, -0.2) is 6.54 Å². The molecule has 0 saturated carbocycles. The first kappa shape index (κ1) is 14.3. The van der Waals surface area contributed by atoms with Crippen molar-refractivity contribution in [3.8, 4) is 0 Å². The summed E-state index contributed by atoms with van der Waals surface area (Å²) in [7, 11) is 0. The van der Waals surface area contributed by atoms with Gasteiger partial charge in [0.1, 0.15) is 11.5 Å². The normalized spacial score (nSPS) is 13.2. The van der Waals surface area contributed by atoms with Crippen LogP contribution in [0.4, 0.5) is 0 Å². The zero-order valence-electron chi connectivity index (χ0n) is 11.8. The lowest BCUT2D eigenvalue weighted by Crippen LogP contribution is -2.28. The molecular weight excluding hydrogens is 210 g/mol. The van der Waals surface area contributed by atoms with Crippen molar-refractivity contribution in [3.63, 3.8) is 0 Å². The van der Waals surface area contributed by atoms with Crippen molar-refractivity contribution in [2.45, 2.75) is 59.4 Å². The fourth-order valence-electron chi connectivity index (χ4n) is 2.31. The van der Waals surface area contributed by atoms with Crippen LogP contribution in [-0.2, 0) is 6.42 Å². The van der Waals surface area contributed by atoms with Gasteiger partial charge in [-0.05, 0) is 31.0 Å². The number of aryl methyl sites for hydroxylation is 1. The van der Waals surface area contributed by atoms with Crippen LogP contribution in [0.15, 0.2) is 16.5 Å². The summed E-state index contributed by atoms with van der Waals surface area (Å²) in [4.78, 5) is 0. The van der Waals surface area contributed by atoms with Crippen molar-refractivity contribution in [2.24, 2.45) is 5.92 Å². The zero-order valence-corrected chi connectivity index (χ0v) is 11.8. The van der Waals surface area contributed by atoms with E-state index in [2.05, 4.69) is 45.1 Å². The summed E-state index contributed by atoms with van der Waals surface area (Å²) in [5, 5.41) is 3.63. The lowest BCUT2D eigenvalue weighted by Gasteiger charge is -2.24. The van der Waals surface area contributed by atoms with Gasteiger partial charge in [0, 0.05) is 6.42 Å². The molecule has 1 rings (SSSR count). The van der Waals surface area contributed by atoms with Crippen LogP contribution in [0.5, 0.6) is 0 Å². The fraction of sp³-hybridized carbons (Fsp3) is 0.733. The van der Waals surface area contributed by atoms with Crippen molar-refractivity contribution in [2.75, 3.05) is 6.54 Å². The molecule has 2 heteroatoms. The third-order valence-electron chi connectivity index (χ3n) is 3.47.